The number of hydrogen-bond donors (Lipinski definition) is 1. The van der Waals surface area contributed by atoms with Crippen molar-refractivity contribution in [2.24, 2.45) is 0 Å². The van der Waals surface area contributed by atoms with E-state index in [1.807, 2.05) is 24.3 Å². The second-order valence-electron chi connectivity index (χ2n) is 3.33. The van der Waals surface area contributed by atoms with Gasteiger partial charge in [0.2, 0.25) is 5.91 Å². The lowest BCUT2D eigenvalue weighted by atomic mass is 10.1. The van der Waals surface area contributed by atoms with Crippen LogP contribution in [0.5, 0.6) is 0 Å². The summed E-state index contributed by atoms with van der Waals surface area (Å²) in [7, 11) is 0. The fourth-order valence-electron chi connectivity index (χ4n) is 1.32. The highest BCUT2D eigenvalue weighted by molar-refractivity contribution is 9.10. The Kier molecular flexibility index (Phi) is 3.41. The minimum atomic E-state index is -0.0859. The van der Waals surface area contributed by atoms with E-state index in [2.05, 4.69) is 21.2 Å². The maximum Gasteiger partial charge on any atom is 0.231 e. The number of anilines is 1. The van der Waals surface area contributed by atoms with Crippen LogP contribution in [-0.4, -0.2) is 5.91 Å². The van der Waals surface area contributed by atoms with Crippen LogP contribution in [-0.2, 0) is 11.2 Å². The summed E-state index contributed by atoms with van der Waals surface area (Å²) < 4.78 is 6.02. The van der Waals surface area contributed by atoms with Gasteiger partial charge in [0.1, 0.15) is 0 Å². The molecule has 0 bridgehead atoms. The molecule has 2 aromatic rings. The van der Waals surface area contributed by atoms with E-state index < -0.39 is 0 Å². The summed E-state index contributed by atoms with van der Waals surface area (Å²) >= 11 is 3.34. The van der Waals surface area contributed by atoms with Gasteiger partial charge in [0.25, 0.3) is 0 Å². The van der Waals surface area contributed by atoms with Crippen molar-refractivity contribution in [2.75, 3.05) is 5.32 Å². The number of halogens is 1. The van der Waals surface area contributed by atoms with Gasteiger partial charge < -0.3 is 4.42 Å². The van der Waals surface area contributed by atoms with Crippen LogP contribution >= 0.6 is 15.9 Å². The van der Waals surface area contributed by atoms with Crippen molar-refractivity contribution in [3.63, 3.8) is 0 Å². The van der Waals surface area contributed by atoms with Gasteiger partial charge in [0, 0.05) is 10.5 Å². The third kappa shape index (κ3) is 2.97. The number of rotatable bonds is 3. The first kappa shape index (κ1) is 11.0. The smallest absolute Gasteiger partial charge is 0.231 e. The molecule has 1 aromatic heterocycles. The average Bonchev–Trinajstić information content (AvgIpc) is 2.74. The predicted octanol–water partition coefficient (Wildman–Crippen LogP) is 3.22. The number of hydrogen-bond acceptors (Lipinski definition) is 2. The zero-order chi connectivity index (χ0) is 11.4. The molecule has 0 aliphatic heterocycles. The van der Waals surface area contributed by atoms with Crippen molar-refractivity contribution < 1.29 is 9.21 Å². The quantitative estimate of drug-likeness (QED) is 0.937. The van der Waals surface area contributed by atoms with Crippen molar-refractivity contribution in [2.45, 2.75) is 6.42 Å². The van der Waals surface area contributed by atoms with Crippen molar-refractivity contribution in [1.29, 1.82) is 0 Å². The molecule has 0 saturated heterocycles. The number of benzene rings is 1. The molecule has 1 N–H and O–H groups in total. The minimum absolute atomic E-state index is 0.0859. The van der Waals surface area contributed by atoms with Crippen LogP contribution in [0.15, 0.2) is 51.6 Å². The molecule has 0 radical (unpaired) electrons. The summed E-state index contributed by atoms with van der Waals surface area (Å²) in [5.41, 5.74) is 0.965. The summed E-state index contributed by atoms with van der Waals surface area (Å²) in [4.78, 5) is 11.6. The number of carbonyl (C=O) groups is 1. The Hall–Kier alpha value is -1.55. The van der Waals surface area contributed by atoms with E-state index >= 15 is 0 Å². The first-order valence-corrected chi connectivity index (χ1v) is 5.61. The van der Waals surface area contributed by atoms with Crippen molar-refractivity contribution in [1.82, 2.24) is 0 Å². The van der Waals surface area contributed by atoms with Crippen LogP contribution < -0.4 is 5.32 Å². The third-order valence-electron chi connectivity index (χ3n) is 2.06. The molecular formula is C12H10BrNO2. The van der Waals surface area contributed by atoms with Gasteiger partial charge in [0.05, 0.1) is 12.7 Å². The summed E-state index contributed by atoms with van der Waals surface area (Å²) in [5, 5.41) is 2.67. The molecule has 0 spiro atoms. The molecule has 0 saturated carbocycles. The average molecular weight is 280 g/mol. The highest BCUT2D eigenvalue weighted by atomic mass is 79.9. The fraction of sp³-hybridized carbons (Fsp3) is 0.0833. The van der Waals surface area contributed by atoms with Crippen molar-refractivity contribution in [3.05, 3.63) is 52.7 Å². The molecule has 0 fully saturated rings. The van der Waals surface area contributed by atoms with Gasteiger partial charge in [-0.2, -0.15) is 0 Å². The van der Waals surface area contributed by atoms with Gasteiger partial charge in [-0.1, -0.05) is 28.1 Å². The van der Waals surface area contributed by atoms with E-state index in [4.69, 9.17) is 4.42 Å². The normalized spacial score (nSPS) is 10.1. The highest BCUT2D eigenvalue weighted by Gasteiger charge is 2.05. The van der Waals surface area contributed by atoms with Gasteiger partial charge >= 0.3 is 0 Å². The molecule has 3 nitrogen and oxygen atoms in total. The van der Waals surface area contributed by atoms with Crippen LogP contribution in [0.1, 0.15) is 5.56 Å². The van der Waals surface area contributed by atoms with Gasteiger partial charge in [0.15, 0.2) is 5.88 Å². The maximum atomic E-state index is 11.6. The molecule has 0 aliphatic rings. The Morgan fingerprint density at radius 1 is 1.25 bits per heavy atom. The van der Waals surface area contributed by atoms with Gasteiger partial charge in [-0.3, -0.25) is 10.1 Å². The Morgan fingerprint density at radius 3 is 2.62 bits per heavy atom. The van der Waals surface area contributed by atoms with Crippen LogP contribution in [0.3, 0.4) is 0 Å². The van der Waals surface area contributed by atoms with E-state index in [-0.39, 0.29) is 5.91 Å². The van der Waals surface area contributed by atoms with Gasteiger partial charge in [-0.25, -0.2) is 0 Å². The molecule has 0 atom stereocenters. The second kappa shape index (κ2) is 4.99. The molecule has 1 amide bonds. The Bertz CT molecular complexity index is 462. The molecule has 1 heterocycles. The van der Waals surface area contributed by atoms with Crippen LogP contribution in [0.4, 0.5) is 5.88 Å². The standard InChI is InChI=1S/C12H10BrNO2/c13-10-5-3-9(4-6-10)8-11(15)14-12-2-1-7-16-12/h1-7H,8H2,(H,14,15). The SMILES string of the molecule is O=C(Cc1ccc(Br)cc1)Nc1ccco1. The third-order valence-corrected chi connectivity index (χ3v) is 2.59. The van der Waals surface area contributed by atoms with Crippen LogP contribution in [0, 0.1) is 0 Å². The molecule has 82 valence electrons. The number of carbonyl (C=O) groups excluding carboxylic acids is 1. The molecule has 16 heavy (non-hydrogen) atoms. The summed E-state index contributed by atoms with van der Waals surface area (Å²) in [6, 6.07) is 11.1. The molecule has 2 rings (SSSR count). The first-order chi connectivity index (χ1) is 7.74. The summed E-state index contributed by atoms with van der Waals surface area (Å²) in [6.07, 6.45) is 1.86. The van der Waals surface area contributed by atoms with E-state index in [0.717, 1.165) is 10.0 Å². The molecular weight excluding hydrogens is 270 g/mol. The van der Waals surface area contributed by atoms with Gasteiger partial charge in [-0.05, 0) is 23.8 Å². The van der Waals surface area contributed by atoms with Crippen molar-refractivity contribution >= 4 is 27.7 Å². The van der Waals surface area contributed by atoms with Crippen LogP contribution in [0.2, 0.25) is 0 Å². The second-order valence-corrected chi connectivity index (χ2v) is 4.24. The minimum Gasteiger partial charge on any atom is -0.449 e. The number of amides is 1. The first-order valence-electron chi connectivity index (χ1n) is 4.82. The summed E-state index contributed by atoms with van der Waals surface area (Å²) in [5.74, 6) is 0.388. The topological polar surface area (TPSA) is 42.2 Å². The lowest BCUT2D eigenvalue weighted by Crippen LogP contribution is -2.13. The van der Waals surface area contributed by atoms with Crippen molar-refractivity contribution in [3.8, 4) is 0 Å². The van der Waals surface area contributed by atoms with E-state index in [1.54, 1.807) is 12.1 Å². The Balaban J connectivity index is 1.95. The molecule has 1 aromatic carbocycles. The molecule has 0 aliphatic carbocycles. The zero-order valence-corrected chi connectivity index (χ0v) is 10.0. The van der Waals surface area contributed by atoms with E-state index in [0.29, 0.717) is 12.3 Å². The van der Waals surface area contributed by atoms with E-state index in [1.165, 1.54) is 6.26 Å². The predicted molar refractivity (Wildman–Crippen MR) is 65.2 cm³/mol. The summed E-state index contributed by atoms with van der Waals surface area (Å²) in [6.45, 7) is 0. The lowest BCUT2D eigenvalue weighted by molar-refractivity contribution is -0.115. The largest absolute Gasteiger partial charge is 0.449 e. The lowest BCUT2D eigenvalue weighted by Gasteiger charge is -2.02. The maximum absolute atomic E-state index is 11.6. The van der Waals surface area contributed by atoms with Gasteiger partial charge in [-0.15, -0.1) is 0 Å². The Morgan fingerprint density at radius 2 is 2.00 bits per heavy atom. The highest BCUT2D eigenvalue weighted by Crippen LogP contribution is 2.12. The zero-order valence-electron chi connectivity index (χ0n) is 8.44. The fourth-order valence-corrected chi connectivity index (χ4v) is 1.58. The Labute approximate surface area is 102 Å². The van der Waals surface area contributed by atoms with E-state index in [9.17, 15) is 4.79 Å². The number of furan rings is 1. The molecule has 4 heteroatoms. The molecule has 0 unspecified atom stereocenters. The van der Waals surface area contributed by atoms with Crippen LogP contribution in [0.25, 0.3) is 0 Å². The monoisotopic (exact) mass is 279 g/mol. The number of nitrogens with one attached hydrogen (secondary N) is 1.